The molecule has 1 amide bonds. The zero-order valence-corrected chi connectivity index (χ0v) is 11.5. The Hall–Kier alpha value is -0.570. The third kappa shape index (κ3) is 2.18. The molecule has 1 N–H and O–H groups in total. The molecule has 0 aromatic carbocycles. The van der Waals surface area contributed by atoms with Crippen molar-refractivity contribution in [1.29, 1.82) is 0 Å². The molecule has 3 aliphatic rings. The summed E-state index contributed by atoms with van der Waals surface area (Å²) in [6.45, 7) is 1.04. The van der Waals surface area contributed by atoms with Crippen LogP contribution in [0.15, 0.2) is 0 Å². The molecule has 2 aliphatic carbocycles. The molecule has 3 rings (SSSR count). The summed E-state index contributed by atoms with van der Waals surface area (Å²) in [5, 5.41) is 3.23. The van der Waals surface area contributed by atoms with Crippen LogP contribution in [-0.2, 0) is 4.79 Å². The van der Waals surface area contributed by atoms with Gasteiger partial charge in [0, 0.05) is 12.6 Å². The predicted octanol–water partition coefficient (Wildman–Crippen LogP) is 2.17. The molecule has 3 fully saturated rings. The van der Waals surface area contributed by atoms with Crippen molar-refractivity contribution in [3.8, 4) is 0 Å². The third-order valence-electron chi connectivity index (χ3n) is 5.45. The van der Waals surface area contributed by atoms with Crippen LogP contribution in [0.3, 0.4) is 0 Å². The van der Waals surface area contributed by atoms with Gasteiger partial charge in [0.15, 0.2) is 0 Å². The Balaban J connectivity index is 1.76. The number of rotatable bonds is 3. The maximum Gasteiger partial charge on any atom is 0.239 e. The number of carbonyl (C=O) groups excluding carboxylic acids is 1. The highest BCUT2D eigenvalue weighted by Gasteiger charge is 2.41. The van der Waals surface area contributed by atoms with E-state index < -0.39 is 0 Å². The van der Waals surface area contributed by atoms with Crippen molar-refractivity contribution < 1.29 is 4.79 Å². The molecule has 1 aliphatic heterocycles. The first-order chi connectivity index (χ1) is 8.79. The van der Waals surface area contributed by atoms with E-state index in [1.165, 1.54) is 44.9 Å². The van der Waals surface area contributed by atoms with Gasteiger partial charge in [0.2, 0.25) is 5.91 Å². The van der Waals surface area contributed by atoms with E-state index in [9.17, 15) is 4.79 Å². The lowest BCUT2D eigenvalue weighted by Crippen LogP contribution is -2.50. The maximum absolute atomic E-state index is 12.7. The lowest BCUT2D eigenvalue weighted by atomic mass is 9.84. The van der Waals surface area contributed by atoms with Gasteiger partial charge >= 0.3 is 0 Å². The molecule has 1 heterocycles. The number of hydrogen-bond acceptors (Lipinski definition) is 2. The van der Waals surface area contributed by atoms with Crippen LogP contribution in [0.25, 0.3) is 0 Å². The highest BCUT2D eigenvalue weighted by Crippen LogP contribution is 2.38. The molecular weight excluding hydrogens is 224 g/mol. The molecule has 0 radical (unpaired) electrons. The molecule has 3 unspecified atom stereocenters. The second kappa shape index (κ2) is 5.20. The lowest BCUT2D eigenvalue weighted by Gasteiger charge is -2.38. The summed E-state index contributed by atoms with van der Waals surface area (Å²) in [5.74, 6) is 1.97. The van der Waals surface area contributed by atoms with Crippen molar-refractivity contribution in [2.75, 3.05) is 13.6 Å². The number of likely N-dealkylation sites (tertiary alicyclic amines) is 1. The average molecular weight is 250 g/mol. The quantitative estimate of drug-likeness (QED) is 0.832. The summed E-state index contributed by atoms with van der Waals surface area (Å²) in [6.07, 6.45) is 10.2. The van der Waals surface area contributed by atoms with Gasteiger partial charge in [-0.2, -0.15) is 0 Å². The first-order valence-electron chi connectivity index (χ1n) is 7.77. The normalized spacial score (nSPS) is 37.3. The SMILES string of the molecule is CNC1CCC2CCCC2N(CC2CCC2)C1=O. The number of nitrogens with zero attached hydrogens (tertiary/aromatic N) is 1. The van der Waals surface area contributed by atoms with Crippen LogP contribution in [0, 0.1) is 11.8 Å². The van der Waals surface area contributed by atoms with Gasteiger partial charge in [-0.25, -0.2) is 0 Å². The van der Waals surface area contributed by atoms with Gasteiger partial charge in [-0.15, -0.1) is 0 Å². The predicted molar refractivity (Wildman–Crippen MR) is 72.3 cm³/mol. The Kier molecular flexibility index (Phi) is 3.60. The van der Waals surface area contributed by atoms with E-state index in [0.717, 1.165) is 24.8 Å². The Morgan fingerprint density at radius 3 is 2.56 bits per heavy atom. The fourth-order valence-electron chi connectivity index (χ4n) is 4.08. The van der Waals surface area contributed by atoms with Crippen LogP contribution in [0.1, 0.15) is 51.4 Å². The highest BCUT2D eigenvalue weighted by atomic mass is 16.2. The molecule has 3 nitrogen and oxygen atoms in total. The topological polar surface area (TPSA) is 32.3 Å². The molecule has 3 heteroatoms. The summed E-state index contributed by atoms with van der Waals surface area (Å²) in [4.78, 5) is 14.9. The summed E-state index contributed by atoms with van der Waals surface area (Å²) in [5.41, 5.74) is 0. The molecule has 3 atom stereocenters. The highest BCUT2D eigenvalue weighted by molar-refractivity contribution is 5.82. The summed E-state index contributed by atoms with van der Waals surface area (Å²) in [7, 11) is 1.94. The third-order valence-corrected chi connectivity index (χ3v) is 5.45. The van der Waals surface area contributed by atoms with Crippen LogP contribution in [0.5, 0.6) is 0 Å². The Bertz CT molecular complexity index is 314. The van der Waals surface area contributed by atoms with E-state index in [-0.39, 0.29) is 6.04 Å². The minimum Gasteiger partial charge on any atom is -0.338 e. The number of carbonyl (C=O) groups is 1. The van der Waals surface area contributed by atoms with E-state index in [2.05, 4.69) is 10.2 Å². The molecule has 0 spiro atoms. The second-order valence-electron chi connectivity index (χ2n) is 6.46. The molecule has 18 heavy (non-hydrogen) atoms. The molecule has 0 bridgehead atoms. The molecule has 102 valence electrons. The monoisotopic (exact) mass is 250 g/mol. The van der Waals surface area contributed by atoms with Gasteiger partial charge in [0.05, 0.1) is 6.04 Å². The van der Waals surface area contributed by atoms with Crippen LogP contribution in [-0.4, -0.2) is 36.5 Å². The minimum absolute atomic E-state index is 0.0793. The van der Waals surface area contributed by atoms with Crippen molar-refractivity contribution in [1.82, 2.24) is 10.2 Å². The molecular formula is C15H26N2O. The van der Waals surface area contributed by atoms with Crippen molar-refractivity contribution in [3.63, 3.8) is 0 Å². The number of fused-ring (bicyclic) bond motifs is 1. The number of amides is 1. The molecule has 1 saturated heterocycles. The molecule has 0 aromatic heterocycles. The first-order valence-corrected chi connectivity index (χ1v) is 7.77. The molecule has 0 aromatic rings. The number of hydrogen-bond donors (Lipinski definition) is 1. The van der Waals surface area contributed by atoms with Gasteiger partial charge < -0.3 is 10.2 Å². The van der Waals surface area contributed by atoms with Crippen molar-refractivity contribution >= 4 is 5.91 Å². The van der Waals surface area contributed by atoms with E-state index in [1.54, 1.807) is 0 Å². The van der Waals surface area contributed by atoms with Crippen LogP contribution >= 0.6 is 0 Å². The Morgan fingerprint density at radius 2 is 1.89 bits per heavy atom. The minimum atomic E-state index is 0.0793. The summed E-state index contributed by atoms with van der Waals surface area (Å²) in [6, 6.07) is 0.645. The van der Waals surface area contributed by atoms with E-state index in [4.69, 9.17) is 0 Å². The Labute approximate surface area is 110 Å². The summed E-state index contributed by atoms with van der Waals surface area (Å²) >= 11 is 0. The average Bonchev–Trinajstić information content (AvgIpc) is 2.72. The number of nitrogens with one attached hydrogen (secondary N) is 1. The van der Waals surface area contributed by atoms with Gasteiger partial charge in [-0.1, -0.05) is 12.8 Å². The van der Waals surface area contributed by atoms with Gasteiger partial charge in [-0.05, 0) is 57.4 Å². The van der Waals surface area contributed by atoms with Gasteiger partial charge in [-0.3, -0.25) is 4.79 Å². The number of likely N-dealkylation sites (N-methyl/N-ethyl adjacent to an activating group) is 1. The second-order valence-corrected chi connectivity index (χ2v) is 6.46. The van der Waals surface area contributed by atoms with Crippen molar-refractivity contribution in [2.24, 2.45) is 11.8 Å². The zero-order valence-electron chi connectivity index (χ0n) is 11.5. The standard InChI is InChI=1S/C15H26N2O/c1-16-13-9-8-12-6-3-7-14(12)17(15(13)18)10-11-4-2-5-11/h11-14,16H,2-10H2,1H3. The van der Waals surface area contributed by atoms with Crippen LogP contribution < -0.4 is 5.32 Å². The first kappa shape index (κ1) is 12.5. The Morgan fingerprint density at radius 1 is 1.11 bits per heavy atom. The largest absolute Gasteiger partial charge is 0.338 e. The van der Waals surface area contributed by atoms with Gasteiger partial charge in [0.1, 0.15) is 0 Å². The maximum atomic E-state index is 12.7. The summed E-state index contributed by atoms with van der Waals surface area (Å²) < 4.78 is 0. The van der Waals surface area contributed by atoms with E-state index >= 15 is 0 Å². The lowest BCUT2D eigenvalue weighted by molar-refractivity contribution is -0.136. The molecule has 2 saturated carbocycles. The fourth-order valence-corrected chi connectivity index (χ4v) is 4.08. The van der Waals surface area contributed by atoms with E-state index in [0.29, 0.717) is 11.9 Å². The smallest absolute Gasteiger partial charge is 0.239 e. The van der Waals surface area contributed by atoms with Gasteiger partial charge in [0.25, 0.3) is 0 Å². The van der Waals surface area contributed by atoms with E-state index in [1.807, 2.05) is 7.05 Å². The zero-order chi connectivity index (χ0) is 12.5. The van der Waals surface area contributed by atoms with Crippen molar-refractivity contribution in [3.05, 3.63) is 0 Å². The van der Waals surface area contributed by atoms with Crippen LogP contribution in [0.4, 0.5) is 0 Å². The van der Waals surface area contributed by atoms with Crippen molar-refractivity contribution in [2.45, 2.75) is 63.5 Å². The van der Waals surface area contributed by atoms with Crippen LogP contribution in [0.2, 0.25) is 0 Å². The fraction of sp³-hybridized carbons (Fsp3) is 0.933.